The van der Waals surface area contributed by atoms with Gasteiger partial charge in [-0.15, -0.1) is 0 Å². The van der Waals surface area contributed by atoms with E-state index in [1.165, 1.54) is 0 Å². The van der Waals surface area contributed by atoms with Gasteiger partial charge in [0.05, 0.1) is 36.2 Å². The van der Waals surface area contributed by atoms with Gasteiger partial charge >= 0.3 is 41.3 Å². The van der Waals surface area contributed by atoms with Crippen LogP contribution in [-0.4, -0.2) is 51.5 Å². The number of rotatable bonds is 3. The van der Waals surface area contributed by atoms with Crippen molar-refractivity contribution in [2.45, 2.75) is 39.1 Å². The summed E-state index contributed by atoms with van der Waals surface area (Å²) < 4.78 is 0. The molecule has 0 aromatic rings. The first-order valence-electron chi connectivity index (χ1n) is 4.60. The third-order valence-corrected chi connectivity index (χ3v) is 1.02. The molecule has 9 nitrogen and oxygen atoms in total. The zero-order valence-electron chi connectivity index (χ0n) is 10.6. The number of carboxylic acid groups (broad SMARTS) is 3. The summed E-state index contributed by atoms with van der Waals surface area (Å²) in [6.07, 6.45) is -4.03. The Morgan fingerprint density at radius 3 is 0.737 bits per heavy atom. The number of aliphatic hydroxyl groups excluding tert-OH is 3. The molecule has 0 aliphatic rings. The van der Waals surface area contributed by atoms with Gasteiger partial charge in [-0.05, 0) is 20.8 Å². The van der Waals surface area contributed by atoms with Gasteiger partial charge in [-0.25, -0.2) is 0 Å². The van der Waals surface area contributed by atoms with E-state index in [2.05, 4.69) is 0 Å². The molecule has 0 aromatic carbocycles. The summed E-state index contributed by atoms with van der Waals surface area (Å²) in [5.74, 6) is -4.31. The van der Waals surface area contributed by atoms with E-state index in [0.717, 1.165) is 20.8 Å². The van der Waals surface area contributed by atoms with Gasteiger partial charge in [-0.3, -0.25) is 0 Å². The number of hydrogen-bond acceptors (Lipinski definition) is 9. The molecule has 19 heavy (non-hydrogen) atoms. The van der Waals surface area contributed by atoms with Crippen molar-refractivity contribution in [2.75, 3.05) is 0 Å². The summed E-state index contributed by atoms with van der Waals surface area (Å²) in [4.78, 5) is 28.0. The van der Waals surface area contributed by atoms with Crippen LogP contribution < -0.4 is 15.3 Å². The number of carboxylic acids is 3. The largest absolute Gasteiger partial charge is 3.00 e. The Kier molecular flexibility index (Phi) is 22.4. The number of aliphatic carboxylic acids is 3. The molecule has 0 radical (unpaired) electrons. The Morgan fingerprint density at radius 1 is 0.684 bits per heavy atom. The minimum Gasteiger partial charge on any atom is -0.547 e. The van der Waals surface area contributed by atoms with Gasteiger partial charge in [0.2, 0.25) is 0 Å². The quantitative estimate of drug-likeness (QED) is 0.410. The number of carbonyl (C=O) groups is 3. The van der Waals surface area contributed by atoms with E-state index in [1.807, 2.05) is 0 Å². The first-order chi connectivity index (χ1) is 7.93. The summed E-state index contributed by atoms with van der Waals surface area (Å²) in [7, 11) is 0. The Labute approximate surface area is 142 Å². The number of hydrogen-bond donors (Lipinski definition) is 3. The Balaban J connectivity index is -0.0000000865. The van der Waals surface area contributed by atoms with Gasteiger partial charge in [0.1, 0.15) is 0 Å². The van der Waals surface area contributed by atoms with Gasteiger partial charge in [0.15, 0.2) is 0 Å². The summed E-state index contributed by atoms with van der Waals surface area (Å²) in [5, 5.41) is 51.9. The van der Waals surface area contributed by atoms with Gasteiger partial charge in [-0.2, -0.15) is 0 Å². The molecule has 0 fully saturated rings. The predicted molar refractivity (Wildman–Crippen MR) is 50.1 cm³/mol. The van der Waals surface area contributed by atoms with Crippen LogP contribution in [0.1, 0.15) is 20.8 Å². The molecule has 0 saturated carbocycles. The molecule has 0 aromatic heterocycles. The van der Waals surface area contributed by atoms with Crippen molar-refractivity contribution in [3.05, 3.63) is 0 Å². The van der Waals surface area contributed by atoms with Crippen molar-refractivity contribution in [1.29, 1.82) is 0 Å². The average Bonchev–Trinajstić information content (AvgIpc) is 2.18. The first-order valence-corrected chi connectivity index (χ1v) is 4.60. The smallest absolute Gasteiger partial charge is 0.547 e. The number of carbonyl (C=O) groups excluding carboxylic acids is 3. The summed E-state index contributed by atoms with van der Waals surface area (Å²) in [5.41, 5.74) is 0. The van der Waals surface area contributed by atoms with Crippen LogP contribution in [-0.2, 0) is 14.4 Å². The van der Waals surface area contributed by atoms with Crippen LogP contribution >= 0.6 is 0 Å². The molecule has 0 spiro atoms. The molecule has 10 heteroatoms. The van der Waals surface area contributed by atoms with E-state index < -0.39 is 36.2 Å². The van der Waals surface area contributed by atoms with Crippen molar-refractivity contribution in [1.82, 2.24) is 0 Å². The molecule has 0 rings (SSSR count). The fourth-order valence-electron chi connectivity index (χ4n) is 0. The third kappa shape index (κ3) is 31.9. The van der Waals surface area contributed by atoms with Gasteiger partial charge in [0, 0.05) is 0 Å². The predicted octanol–water partition coefficient (Wildman–Crippen LogP) is -5.65. The molecule has 0 bridgehead atoms. The molecule has 3 unspecified atom stereocenters. The van der Waals surface area contributed by atoms with Crippen LogP contribution in [0.3, 0.4) is 0 Å². The van der Waals surface area contributed by atoms with Crippen LogP contribution in [0.5, 0.6) is 0 Å². The molecule has 0 amide bonds. The van der Waals surface area contributed by atoms with Crippen molar-refractivity contribution < 1.29 is 86.3 Å². The van der Waals surface area contributed by atoms with E-state index in [0.29, 0.717) is 0 Å². The Bertz CT molecular complexity index is 220. The first kappa shape index (κ1) is 27.1. The zero-order chi connectivity index (χ0) is 15.5. The minimum atomic E-state index is -1.44. The monoisotopic (exact) mass is 408 g/mol. The van der Waals surface area contributed by atoms with Gasteiger partial charge < -0.3 is 45.0 Å². The normalized spacial score (nSPS) is 12.9. The van der Waals surface area contributed by atoms with E-state index >= 15 is 0 Å². The Morgan fingerprint density at radius 2 is 0.737 bits per heavy atom. The molecular formula is C9H15O9Pr. The van der Waals surface area contributed by atoms with E-state index in [4.69, 9.17) is 15.3 Å². The molecule has 0 aliphatic carbocycles. The Hall–Kier alpha value is -0.346. The van der Waals surface area contributed by atoms with Crippen molar-refractivity contribution in [3.8, 4) is 0 Å². The second-order valence-electron chi connectivity index (χ2n) is 2.99. The fourth-order valence-corrected chi connectivity index (χ4v) is 0. The fraction of sp³-hybridized carbons (Fsp3) is 0.667. The van der Waals surface area contributed by atoms with E-state index in [9.17, 15) is 29.7 Å². The van der Waals surface area contributed by atoms with Crippen molar-refractivity contribution in [3.63, 3.8) is 0 Å². The van der Waals surface area contributed by atoms with E-state index in [1.54, 1.807) is 0 Å². The SMILES string of the molecule is CC(O)C(=O)[O-].CC(O)C(=O)[O-].CC(O)C(=O)[O-].[Pr+3]. The molecule has 0 heterocycles. The van der Waals surface area contributed by atoms with Gasteiger partial charge in [0.25, 0.3) is 0 Å². The van der Waals surface area contributed by atoms with Crippen LogP contribution in [0.2, 0.25) is 0 Å². The molecular weight excluding hydrogens is 393 g/mol. The zero-order valence-corrected chi connectivity index (χ0v) is 14.3. The van der Waals surface area contributed by atoms with E-state index in [-0.39, 0.29) is 41.3 Å². The minimum absolute atomic E-state index is 0. The van der Waals surface area contributed by atoms with Gasteiger partial charge in [-0.1, -0.05) is 0 Å². The van der Waals surface area contributed by atoms with Crippen LogP contribution in [0.4, 0.5) is 0 Å². The summed E-state index contributed by atoms with van der Waals surface area (Å²) >= 11 is 0. The maximum Gasteiger partial charge on any atom is 3.00 e. The summed E-state index contributed by atoms with van der Waals surface area (Å²) in [6, 6.07) is 0. The van der Waals surface area contributed by atoms with Crippen molar-refractivity contribution in [2.24, 2.45) is 0 Å². The molecule has 0 aliphatic heterocycles. The van der Waals surface area contributed by atoms with Crippen LogP contribution in [0.15, 0.2) is 0 Å². The maximum absolute atomic E-state index is 9.34. The molecule has 0 saturated heterocycles. The standard InChI is InChI=1S/3C3H6O3.Pr/c3*1-2(4)3(5)6;/h3*2,4H,1H3,(H,5,6);/q;;;+3/p-3. The molecule has 3 N–H and O–H groups in total. The van der Waals surface area contributed by atoms with Crippen molar-refractivity contribution >= 4 is 17.9 Å². The maximum atomic E-state index is 9.34. The number of aliphatic hydroxyl groups is 3. The topological polar surface area (TPSA) is 181 Å². The average molecular weight is 408 g/mol. The second-order valence-corrected chi connectivity index (χ2v) is 2.99. The second kappa shape index (κ2) is 15.7. The van der Waals surface area contributed by atoms with Crippen LogP contribution in [0, 0.1) is 41.3 Å². The van der Waals surface area contributed by atoms with Crippen LogP contribution in [0.25, 0.3) is 0 Å². The summed E-state index contributed by atoms with van der Waals surface area (Å²) in [6.45, 7) is 3.40. The molecule has 3 atom stereocenters. The molecule has 108 valence electrons. The third-order valence-electron chi connectivity index (χ3n) is 1.02.